The molecule has 0 saturated heterocycles. The molecule has 1 atom stereocenters. The molecule has 0 radical (unpaired) electrons. The SMILES string of the molecule is OCC(CO)(CO)C(CCCl)OCCCl. The van der Waals surface area contributed by atoms with E-state index < -0.39 is 11.5 Å². The number of hydrogen-bond donors (Lipinski definition) is 3. The van der Waals surface area contributed by atoms with Gasteiger partial charge in [-0.3, -0.25) is 0 Å². The van der Waals surface area contributed by atoms with Crippen LogP contribution in [0.4, 0.5) is 0 Å². The molecule has 0 aliphatic rings. The maximum atomic E-state index is 9.20. The zero-order chi connectivity index (χ0) is 11.7. The van der Waals surface area contributed by atoms with Crippen molar-refractivity contribution in [2.45, 2.75) is 12.5 Å². The Morgan fingerprint density at radius 1 is 1.00 bits per heavy atom. The Morgan fingerprint density at radius 2 is 1.53 bits per heavy atom. The fraction of sp³-hybridized carbons (Fsp3) is 1.00. The van der Waals surface area contributed by atoms with E-state index in [2.05, 4.69) is 0 Å². The van der Waals surface area contributed by atoms with Crippen molar-refractivity contribution in [3.8, 4) is 0 Å². The van der Waals surface area contributed by atoms with Crippen LogP contribution < -0.4 is 0 Å². The summed E-state index contributed by atoms with van der Waals surface area (Å²) < 4.78 is 5.37. The number of halogens is 2. The first-order valence-electron chi connectivity index (χ1n) is 4.77. The molecule has 4 nitrogen and oxygen atoms in total. The second-order valence-corrected chi connectivity index (χ2v) is 4.12. The van der Waals surface area contributed by atoms with Crippen LogP contribution in [0.2, 0.25) is 0 Å². The quantitative estimate of drug-likeness (QED) is 0.519. The number of alkyl halides is 2. The van der Waals surface area contributed by atoms with E-state index in [1.165, 1.54) is 0 Å². The lowest BCUT2D eigenvalue weighted by atomic mass is 9.83. The normalized spacial score (nSPS) is 14.2. The Hall–Kier alpha value is 0.420. The third kappa shape index (κ3) is 4.43. The van der Waals surface area contributed by atoms with E-state index in [1.807, 2.05) is 0 Å². The second-order valence-electron chi connectivity index (χ2n) is 3.36. The lowest BCUT2D eigenvalue weighted by Crippen LogP contribution is -2.47. The Kier molecular flexibility index (Phi) is 8.80. The van der Waals surface area contributed by atoms with Gasteiger partial charge in [0.1, 0.15) is 0 Å². The van der Waals surface area contributed by atoms with Gasteiger partial charge in [0.15, 0.2) is 0 Å². The van der Waals surface area contributed by atoms with Crippen LogP contribution in [0.1, 0.15) is 6.42 Å². The van der Waals surface area contributed by atoms with Crippen LogP contribution in [0, 0.1) is 5.41 Å². The average Bonchev–Trinajstić information content (AvgIpc) is 2.28. The Balaban J connectivity index is 4.50. The highest BCUT2D eigenvalue weighted by molar-refractivity contribution is 6.18. The topological polar surface area (TPSA) is 69.9 Å². The monoisotopic (exact) mass is 260 g/mol. The van der Waals surface area contributed by atoms with Gasteiger partial charge in [0.05, 0.1) is 37.9 Å². The van der Waals surface area contributed by atoms with Crippen molar-refractivity contribution in [1.82, 2.24) is 0 Å². The zero-order valence-corrected chi connectivity index (χ0v) is 10.0. The first-order chi connectivity index (χ1) is 7.20. The molecule has 92 valence electrons. The van der Waals surface area contributed by atoms with E-state index in [4.69, 9.17) is 27.9 Å². The summed E-state index contributed by atoms with van der Waals surface area (Å²) >= 11 is 11.1. The van der Waals surface area contributed by atoms with Gasteiger partial charge in [-0.2, -0.15) is 0 Å². The van der Waals surface area contributed by atoms with Crippen molar-refractivity contribution in [3.63, 3.8) is 0 Å². The molecule has 0 spiro atoms. The molecule has 0 aliphatic heterocycles. The molecular formula is C9H18Cl2O4. The summed E-state index contributed by atoms with van der Waals surface area (Å²) in [5.74, 6) is 0.645. The Bertz CT molecular complexity index is 145. The standard InChI is InChI=1S/C9H18Cl2O4/c10-2-1-8(15-4-3-11)9(5-12,6-13)7-14/h8,12-14H,1-7H2. The lowest BCUT2D eigenvalue weighted by Gasteiger charge is -2.35. The first-order valence-corrected chi connectivity index (χ1v) is 5.83. The highest BCUT2D eigenvalue weighted by Crippen LogP contribution is 2.26. The summed E-state index contributed by atoms with van der Waals surface area (Å²) in [7, 11) is 0. The van der Waals surface area contributed by atoms with Gasteiger partial charge in [-0.15, -0.1) is 23.2 Å². The molecule has 0 aromatic carbocycles. The average molecular weight is 261 g/mol. The van der Waals surface area contributed by atoms with E-state index in [9.17, 15) is 15.3 Å². The van der Waals surface area contributed by atoms with Crippen molar-refractivity contribution < 1.29 is 20.1 Å². The number of ether oxygens (including phenoxy) is 1. The molecule has 6 heteroatoms. The summed E-state index contributed by atoms with van der Waals surface area (Å²) in [6, 6.07) is 0. The van der Waals surface area contributed by atoms with Crippen LogP contribution in [0.5, 0.6) is 0 Å². The molecule has 0 saturated carbocycles. The molecule has 15 heavy (non-hydrogen) atoms. The predicted octanol–water partition coefficient (Wildman–Crippen LogP) is 0.203. The van der Waals surface area contributed by atoms with Gasteiger partial charge in [-0.05, 0) is 6.42 Å². The molecule has 0 aliphatic carbocycles. The number of aliphatic hydroxyl groups is 3. The summed E-state index contributed by atoms with van der Waals surface area (Å²) in [4.78, 5) is 0. The summed E-state index contributed by atoms with van der Waals surface area (Å²) in [5, 5.41) is 27.6. The third-order valence-corrected chi connectivity index (χ3v) is 2.77. The van der Waals surface area contributed by atoms with Crippen molar-refractivity contribution in [2.75, 3.05) is 38.2 Å². The predicted molar refractivity (Wildman–Crippen MR) is 59.5 cm³/mol. The van der Waals surface area contributed by atoms with Crippen molar-refractivity contribution >= 4 is 23.2 Å². The fourth-order valence-corrected chi connectivity index (χ4v) is 1.59. The van der Waals surface area contributed by atoms with Crippen LogP contribution in [0.15, 0.2) is 0 Å². The maximum Gasteiger partial charge on any atom is 0.0709 e. The maximum absolute atomic E-state index is 9.20. The zero-order valence-electron chi connectivity index (χ0n) is 8.53. The minimum atomic E-state index is -1.05. The highest BCUT2D eigenvalue weighted by Gasteiger charge is 2.38. The van der Waals surface area contributed by atoms with Crippen LogP contribution in [0.25, 0.3) is 0 Å². The van der Waals surface area contributed by atoms with Gasteiger partial charge in [-0.1, -0.05) is 0 Å². The molecular weight excluding hydrogens is 243 g/mol. The Morgan fingerprint density at radius 3 is 1.87 bits per heavy atom. The number of aliphatic hydroxyl groups excluding tert-OH is 3. The van der Waals surface area contributed by atoms with Gasteiger partial charge in [0, 0.05) is 11.8 Å². The van der Waals surface area contributed by atoms with Crippen LogP contribution in [0.3, 0.4) is 0 Å². The van der Waals surface area contributed by atoms with Gasteiger partial charge in [-0.25, -0.2) is 0 Å². The summed E-state index contributed by atoms with van der Waals surface area (Å²) in [6.07, 6.45) is -0.0473. The minimum absolute atomic E-state index is 0.296. The van der Waals surface area contributed by atoms with Crippen LogP contribution in [-0.2, 0) is 4.74 Å². The van der Waals surface area contributed by atoms with E-state index in [1.54, 1.807) is 0 Å². The van der Waals surface area contributed by atoms with Crippen LogP contribution in [-0.4, -0.2) is 59.6 Å². The lowest BCUT2D eigenvalue weighted by molar-refractivity contribution is -0.111. The van der Waals surface area contributed by atoms with Crippen molar-refractivity contribution in [1.29, 1.82) is 0 Å². The second kappa shape index (κ2) is 8.56. The smallest absolute Gasteiger partial charge is 0.0709 e. The molecule has 0 fully saturated rings. The first kappa shape index (κ1) is 15.4. The summed E-state index contributed by atoms with van der Waals surface area (Å²) in [6.45, 7) is -0.775. The van der Waals surface area contributed by atoms with E-state index >= 15 is 0 Å². The third-order valence-electron chi connectivity index (χ3n) is 2.40. The van der Waals surface area contributed by atoms with Gasteiger partial charge < -0.3 is 20.1 Å². The van der Waals surface area contributed by atoms with E-state index in [0.717, 1.165) is 0 Å². The van der Waals surface area contributed by atoms with Gasteiger partial charge in [0.25, 0.3) is 0 Å². The van der Waals surface area contributed by atoms with Crippen LogP contribution >= 0.6 is 23.2 Å². The molecule has 3 N–H and O–H groups in total. The minimum Gasteiger partial charge on any atom is -0.396 e. The van der Waals surface area contributed by atoms with E-state index in [0.29, 0.717) is 24.8 Å². The number of hydrogen-bond acceptors (Lipinski definition) is 4. The molecule has 0 amide bonds. The molecule has 0 rings (SSSR count). The molecule has 0 aromatic heterocycles. The molecule has 1 unspecified atom stereocenters. The fourth-order valence-electron chi connectivity index (χ4n) is 1.31. The highest BCUT2D eigenvalue weighted by atomic mass is 35.5. The van der Waals surface area contributed by atoms with Crippen molar-refractivity contribution in [2.24, 2.45) is 5.41 Å². The summed E-state index contributed by atoms with van der Waals surface area (Å²) in [5.41, 5.74) is -1.05. The number of rotatable bonds is 9. The van der Waals surface area contributed by atoms with Gasteiger partial charge >= 0.3 is 0 Å². The largest absolute Gasteiger partial charge is 0.396 e. The van der Waals surface area contributed by atoms with Crippen molar-refractivity contribution in [3.05, 3.63) is 0 Å². The molecule has 0 bridgehead atoms. The molecule has 0 heterocycles. The Labute approximate surface area is 99.8 Å². The van der Waals surface area contributed by atoms with E-state index in [-0.39, 0.29) is 19.8 Å². The molecule has 0 aromatic rings. The van der Waals surface area contributed by atoms with Gasteiger partial charge in [0.2, 0.25) is 0 Å².